The predicted molar refractivity (Wildman–Crippen MR) is 258 cm³/mol. The van der Waals surface area contributed by atoms with Crippen molar-refractivity contribution in [3.63, 3.8) is 0 Å². The van der Waals surface area contributed by atoms with Gasteiger partial charge < -0.3 is 9.80 Å². The molecule has 0 N–H and O–H groups in total. The fraction of sp³-hybridized carbons (Fsp3) is 0.119. The molecular formula is C59H48N2. The minimum Gasteiger partial charge on any atom is -0.310 e. The molecular weight excluding hydrogens is 737 g/mol. The quantitative estimate of drug-likeness (QED) is 0.159. The molecule has 0 aromatic heterocycles. The maximum Gasteiger partial charge on any atom is 0.0496 e. The molecule has 5 aliphatic rings. The van der Waals surface area contributed by atoms with Crippen LogP contribution in [0.5, 0.6) is 0 Å². The Morgan fingerprint density at radius 1 is 0.361 bits per heavy atom. The van der Waals surface area contributed by atoms with E-state index in [2.05, 4.69) is 230 Å². The van der Waals surface area contributed by atoms with Gasteiger partial charge in [0.1, 0.15) is 0 Å². The van der Waals surface area contributed by atoms with Crippen LogP contribution in [0, 0.1) is 0 Å². The number of rotatable bonds is 7. The first-order valence-corrected chi connectivity index (χ1v) is 21.8. The predicted octanol–water partition coefficient (Wildman–Crippen LogP) is 15.6. The smallest absolute Gasteiger partial charge is 0.0496 e. The molecule has 0 amide bonds. The lowest BCUT2D eigenvalue weighted by atomic mass is 9.81. The summed E-state index contributed by atoms with van der Waals surface area (Å²) in [7, 11) is 0. The van der Waals surface area contributed by atoms with E-state index in [0.717, 1.165) is 25.7 Å². The first-order chi connectivity index (χ1) is 30.0. The second-order valence-corrected chi connectivity index (χ2v) is 17.2. The molecule has 0 spiro atoms. The minimum atomic E-state index is -0.168. The van der Waals surface area contributed by atoms with Crippen molar-refractivity contribution in [3.05, 3.63) is 240 Å². The third-order valence-electron chi connectivity index (χ3n) is 13.2. The average molecular weight is 785 g/mol. The zero-order valence-electron chi connectivity index (χ0n) is 34.9. The SMILES string of the molecule is CC1(C)c2cc(N(c3ccc4ccccc4c3)c3cc4ccc3CCc3ccc(c(N(c5ccccc5)c5ccccc5)c3)CC4)ccc2-c2c(-c3ccccc3)cccc21. The van der Waals surface area contributed by atoms with Gasteiger partial charge in [-0.1, -0.05) is 159 Å². The van der Waals surface area contributed by atoms with Crippen molar-refractivity contribution >= 4 is 44.9 Å². The number of aryl methyl sites for hydroxylation is 4. The van der Waals surface area contributed by atoms with Crippen LogP contribution < -0.4 is 9.80 Å². The second kappa shape index (κ2) is 15.1. The van der Waals surface area contributed by atoms with Gasteiger partial charge in [0.2, 0.25) is 0 Å². The van der Waals surface area contributed by atoms with Gasteiger partial charge in [-0.3, -0.25) is 0 Å². The second-order valence-electron chi connectivity index (χ2n) is 17.2. The largest absolute Gasteiger partial charge is 0.310 e. The Balaban J connectivity index is 1.04. The number of hydrogen-bond acceptors (Lipinski definition) is 2. The van der Waals surface area contributed by atoms with Crippen LogP contribution in [0.15, 0.2) is 206 Å². The maximum atomic E-state index is 2.55. The Hall–Kier alpha value is -7.16. The first-order valence-electron chi connectivity index (χ1n) is 21.8. The van der Waals surface area contributed by atoms with Gasteiger partial charge in [0.05, 0.1) is 0 Å². The van der Waals surface area contributed by atoms with Crippen LogP contribution >= 0.6 is 0 Å². The zero-order valence-corrected chi connectivity index (χ0v) is 34.9. The van der Waals surface area contributed by atoms with E-state index in [1.807, 2.05) is 0 Å². The number of nitrogens with zero attached hydrogens (tertiary/aromatic N) is 2. The van der Waals surface area contributed by atoms with Crippen LogP contribution in [-0.2, 0) is 31.1 Å². The molecule has 294 valence electrons. The summed E-state index contributed by atoms with van der Waals surface area (Å²) in [6.07, 6.45) is 3.70. The Kier molecular flexibility index (Phi) is 9.16. The highest BCUT2D eigenvalue weighted by molar-refractivity contribution is 5.95. The molecule has 0 unspecified atom stereocenters. The van der Waals surface area contributed by atoms with Gasteiger partial charge in [-0.25, -0.2) is 0 Å². The van der Waals surface area contributed by atoms with Crippen molar-refractivity contribution in [1.82, 2.24) is 0 Å². The molecule has 2 nitrogen and oxygen atoms in total. The zero-order chi connectivity index (χ0) is 40.9. The molecule has 0 aliphatic heterocycles. The lowest BCUT2D eigenvalue weighted by molar-refractivity contribution is 0.660. The molecule has 0 radical (unpaired) electrons. The van der Waals surface area contributed by atoms with Crippen LogP contribution in [0.25, 0.3) is 33.0 Å². The number of para-hydroxylation sites is 2. The molecule has 9 aromatic carbocycles. The lowest BCUT2D eigenvalue weighted by Gasteiger charge is -2.31. The van der Waals surface area contributed by atoms with E-state index in [-0.39, 0.29) is 5.41 Å². The van der Waals surface area contributed by atoms with Gasteiger partial charge in [-0.15, -0.1) is 0 Å². The molecule has 0 fully saturated rings. The standard InChI is InChI=1S/C59H48N2/c1-59(2)54-24-14-23-52(44-16-6-3-7-17-44)58(54)53-36-35-51(40-55(53)59)61(50-34-33-43-15-12-13-18-47(43)39-50)57-38-42-26-30-45-29-25-41(27-31-46(57)32-28-42)37-56(45)60(48-19-8-4-9-20-48)49-21-10-5-11-22-49/h3-25,28-29,32-40H,26-27,30-31H2,1-2H3. The highest BCUT2D eigenvalue weighted by Gasteiger charge is 2.37. The number of anilines is 6. The summed E-state index contributed by atoms with van der Waals surface area (Å²) in [4.78, 5) is 4.99. The first kappa shape index (κ1) is 36.9. The van der Waals surface area contributed by atoms with E-state index < -0.39 is 0 Å². The van der Waals surface area contributed by atoms with Crippen molar-refractivity contribution < 1.29 is 0 Å². The summed E-state index contributed by atoms with van der Waals surface area (Å²) in [5.74, 6) is 0. The fourth-order valence-corrected chi connectivity index (χ4v) is 10.0. The van der Waals surface area contributed by atoms with Crippen molar-refractivity contribution in [1.29, 1.82) is 0 Å². The van der Waals surface area contributed by atoms with Gasteiger partial charge in [0.15, 0.2) is 0 Å². The maximum absolute atomic E-state index is 2.55. The molecule has 0 heterocycles. The van der Waals surface area contributed by atoms with Gasteiger partial charge in [-0.2, -0.15) is 0 Å². The Labute approximate surface area is 360 Å². The topological polar surface area (TPSA) is 6.48 Å². The summed E-state index contributed by atoms with van der Waals surface area (Å²) in [6, 6.07) is 76.8. The molecule has 0 atom stereocenters. The molecule has 0 saturated carbocycles. The Bertz CT molecular complexity index is 3020. The van der Waals surface area contributed by atoms with Crippen LogP contribution in [0.2, 0.25) is 0 Å². The number of benzene rings is 9. The normalized spacial score (nSPS) is 13.6. The molecule has 2 heteroatoms. The van der Waals surface area contributed by atoms with Gasteiger partial charge in [0.25, 0.3) is 0 Å². The minimum absolute atomic E-state index is 0.168. The van der Waals surface area contributed by atoms with E-state index in [9.17, 15) is 0 Å². The molecule has 9 aromatic rings. The van der Waals surface area contributed by atoms with E-state index in [0.29, 0.717) is 0 Å². The third kappa shape index (κ3) is 6.60. The van der Waals surface area contributed by atoms with Gasteiger partial charge >= 0.3 is 0 Å². The molecule has 5 aliphatic carbocycles. The third-order valence-corrected chi connectivity index (χ3v) is 13.2. The van der Waals surface area contributed by atoms with Crippen LogP contribution in [0.3, 0.4) is 0 Å². The highest BCUT2D eigenvalue weighted by atomic mass is 15.2. The Morgan fingerprint density at radius 2 is 0.902 bits per heavy atom. The van der Waals surface area contributed by atoms with Crippen LogP contribution in [0.4, 0.5) is 34.1 Å². The van der Waals surface area contributed by atoms with E-state index in [1.54, 1.807) is 0 Å². The summed E-state index contributed by atoms with van der Waals surface area (Å²) >= 11 is 0. The highest BCUT2D eigenvalue weighted by Crippen LogP contribution is 2.54. The molecule has 0 saturated heterocycles. The van der Waals surface area contributed by atoms with Crippen LogP contribution in [0.1, 0.15) is 47.2 Å². The van der Waals surface area contributed by atoms with E-state index >= 15 is 0 Å². The summed E-state index contributed by atoms with van der Waals surface area (Å²) < 4.78 is 0. The van der Waals surface area contributed by atoms with Crippen molar-refractivity contribution in [3.8, 4) is 22.3 Å². The van der Waals surface area contributed by atoms with Crippen molar-refractivity contribution in [2.75, 3.05) is 9.80 Å². The summed E-state index contributed by atoms with van der Waals surface area (Å²) in [6.45, 7) is 4.80. The van der Waals surface area contributed by atoms with Crippen LogP contribution in [-0.4, -0.2) is 0 Å². The lowest BCUT2D eigenvalue weighted by Crippen LogP contribution is -2.17. The van der Waals surface area contributed by atoms with E-state index in [1.165, 1.54) is 101 Å². The van der Waals surface area contributed by atoms with Gasteiger partial charge in [0, 0.05) is 39.5 Å². The van der Waals surface area contributed by atoms with Crippen molar-refractivity contribution in [2.24, 2.45) is 0 Å². The van der Waals surface area contributed by atoms with Crippen molar-refractivity contribution in [2.45, 2.75) is 44.9 Å². The van der Waals surface area contributed by atoms with E-state index in [4.69, 9.17) is 0 Å². The number of hydrogen-bond donors (Lipinski definition) is 0. The fourth-order valence-electron chi connectivity index (χ4n) is 10.0. The summed E-state index contributed by atoms with van der Waals surface area (Å²) in [5.41, 5.74) is 20.5. The Morgan fingerprint density at radius 3 is 1.54 bits per heavy atom. The molecule has 4 bridgehead atoms. The molecule has 61 heavy (non-hydrogen) atoms. The monoisotopic (exact) mass is 784 g/mol. The average Bonchev–Trinajstić information content (AvgIpc) is 3.54. The molecule has 14 rings (SSSR count). The number of fused-ring (bicyclic) bond motifs is 4. The summed E-state index contributed by atoms with van der Waals surface area (Å²) in [5, 5.41) is 2.49. The van der Waals surface area contributed by atoms with Gasteiger partial charge in [-0.05, 0) is 153 Å².